The van der Waals surface area contributed by atoms with Crippen molar-refractivity contribution in [2.75, 3.05) is 18.4 Å². The molecule has 3 heterocycles. The van der Waals surface area contributed by atoms with Gasteiger partial charge >= 0.3 is 0 Å². The summed E-state index contributed by atoms with van der Waals surface area (Å²) < 4.78 is 24.6. The van der Waals surface area contributed by atoms with E-state index in [0.29, 0.717) is 54.6 Å². The molecule has 1 saturated heterocycles. The number of halogens is 1. The van der Waals surface area contributed by atoms with Gasteiger partial charge < -0.3 is 19.7 Å². The molecule has 0 saturated carbocycles. The van der Waals surface area contributed by atoms with Crippen LogP contribution in [-0.2, 0) is 0 Å². The molecule has 4 aromatic rings. The maximum absolute atomic E-state index is 13.0. The normalized spacial score (nSPS) is 13.2. The average molecular weight is 538 g/mol. The quantitative estimate of drug-likeness (QED) is 0.344. The highest BCUT2D eigenvalue weighted by Gasteiger charge is 2.25. The molecule has 2 amide bonds. The van der Waals surface area contributed by atoms with E-state index in [1.54, 1.807) is 47.4 Å². The molecule has 200 valence electrons. The van der Waals surface area contributed by atoms with Crippen molar-refractivity contribution in [1.29, 1.82) is 5.26 Å². The number of aromatic nitrogens is 2. The Kier molecular flexibility index (Phi) is 7.92. The van der Waals surface area contributed by atoms with Crippen LogP contribution in [-0.4, -0.2) is 45.9 Å². The summed E-state index contributed by atoms with van der Waals surface area (Å²) in [6.45, 7) is 1.05. The van der Waals surface area contributed by atoms with E-state index < -0.39 is 5.91 Å². The molecule has 10 heteroatoms. The minimum Gasteiger partial charge on any atom is -0.490 e. The van der Waals surface area contributed by atoms with Crippen molar-refractivity contribution in [2.45, 2.75) is 18.9 Å². The lowest BCUT2D eigenvalue weighted by Crippen LogP contribution is -2.42. The Balaban J connectivity index is 1.11. The lowest BCUT2D eigenvalue weighted by atomic mass is 10.1. The van der Waals surface area contributed by atoms with E-state index in [-0.39, 0.29) is 29.1 Å². The van der Waals surface area contributed by atoms with Crippen LogP contribution < -0.4 is 14.8 Å². The molecular weight excluding hydrogens is 513 g/mol. The number of likely N-dealkylation sites (tertiary alicyclic amines) is 1. The molecule has 5 rings (SSSR count). The van der Waals surface area contributed by atoms with Crippen molar-refractivity contribution in [3.05, 3.63) is 108 Å². The third kappa shape index (κ3) is 6.57. The number of hydrogen-bond donors (Lipinski definition) is 1. The van der Waals surface area contributed by atoms with Gasteiger partial charge in [-0.2, -0.15) is 5.26 Å². The summed E-state index contributed by atoms with van der Waals surface area (Å²) in [4.78, 5) is 35.7. The monoisotopic (exact) mass is 537 g/mol. The standard InChI is InChI=1S/C30H24FN5O4/c31-22-4-9-25(10-5-22)40-28-12-6-23(19-34-28)35-29(37)21-3-11-27(33-18-21)30(38)36-15-13-26(14-16-36)39-24-7-1-20(17-32)2-8-24/h1-12,18-19,26H,13-16H2,(H,35,37). The maximum Gasteiger partial charge on any atom is 0.272 e. The highest BCUT2D eigenvalue weighted by Crippen LogP contribution is 2.22. The van der Waals surface area contributed by atoms with E-state index in [4.69, 9.17) is 14.7 Å². The van der Waals surface area contributed by atoms with Gasteiger partial charge in [-0.05, 0) is 66.7 Å². The van der Waals surface area contributed by atoms with Gasteiger partial charge in [0.15, 0.2) is 0 Å². The van der Waals surface area contributed by atoms with E-state index in [1.165, 1.54) is 42.7 Å². The first-order valence-corrected chi connectivity index (χ1v) is 12.6. The van der Waals surface area contributed by atoms with Crippen LogP contribution in [0.15, 0.2) is 85.2 Å². The molecule has 1 fully saturated rings. The second kappa shape index (κ2) is 12.0. The third-order valence-corrected chi connectivity index (χ3v) is 6.29. The number of anilines is 1. The molecule has 0 unspecified atom stereocenters. The number of carbonyl (C=O) groups excluding carboxylic acids is 2. The van der Waals surface area contributed by atoms with E-state index in [1.807, 2.05) is 0 Å². The Labute approximate surface area is 229 Å². The van der Waals surface area contributed by atoms with Crippen LogP contribution in [0.5, 0.6) is 17.4 Å². The molecule has 0 radical (unpaired) electrons. The van der Waals surface area contributed by atoms with Crippen molar-refractivity contribution < 1.29 is 23.5 Å². The van der Waals surface area contributed by atoms with Gasteiger partial charge in [0.05, 0.1) is 29.1 Å². The van der Waals surface area contributed by atoms with Crippen LogP contribution >= 0.6 is 0 Å². The third-order valence-electron chi connectivity index (χ3n) is 6.29. The summed E-state index contributed by atoms with van der Waals surface area (Å²) in [6.07, 6.45) is 4.13. The van der Waals surface area contributed by atoms with Crippen LogP contribution in [0.2, 0.25) is 0 Å². The number of amides is 2. The van der Waals surface area contributed by atoms with Gasteiger partial charge in [-0.1, -0.05) is 0 Å². The second-order valence-corrected chi connectivity index (χ2v) is 9.07. The Morgan fingerprint density at radius 1 is 0.900 bits per heavy atom. The molecule has 2 aromatic heterocycles. The first-order chi connectivity index (χ1) is 19.5. The molecule has 40 heavy (non-hydrogen) atoms. The summed E-state index contributed by atoms with van der Waals surface area (Å²) in [6, 6.07) is 20.9. The lowest BCUT2D eigenvalue weighted by Gasteiger charge is -2.32. The van der Waals surface area contributed by atoms with Gasteiger partial charge in [-0.3, -0.25) is 14.6 Å². The van der Waals surface area contributed by atoms with Crippen LogP contribution in [0.3, 0.4) is 0 Å². The predicted molar refractivity (Wildman–Crippen MR) is 144 cm³/mol. The van der Waals surface area contributed by atoms with E-state index >= 15 is 0 Å². The number of nitrogens with zero attached hydrogens (tertiary/aromatic N) is 4. The first-order valence-electron chi connectivity index (χ1n) is 12.6. The number of ether oxygens (including phenoxy) is 2. The number of piperidine rings is 1. The van der Waals surface area contributed by atoms with E-state index in [2.05, 4.69) is 21.4 Å². The topological polar surface area (TPSA) is 117 Å². The molecule has 0 bridgehead atoms. The number of benzene rings is 2. The van der Waals surface area contributed by atoms with Gasteiger partial charge in [-0.25, -0.2) is 9.37 Å². The lowest BCUT2D eigenvalue weighted by molar-refractivity contribution is 0.0590. The predicted octanol–water partition coefficient (Wildman–Crippen LogP) is 5.22. The smallest absolute Gasteiger partial charge is 0.272 e. The van der Waals surface area contributed by atoms with E-state index in [9.17, 15) is 14.0 Å². The molecule has 1 N–H and O–H groups in total. The Bertz CT molecular complexity index is 1510. The second-order valence-electron chi connectivity index (χ2n) is 9.07. The maximum atomic E-state index is 13.0. The van der Waals surface area contributed by atoms with Crippen LogP contribution in [0.1, 0.15) is 39.3 Å². The first kappa shape index (κ1) is 26.3. The number of nitrogens with one attached hydrogen (secondary N) is 1. The van der Waals surface area contributed by atoms with Crippen molar-refractivity contribution >= 4 is 17.5 Å². The van der Waals surface area contributed by atoms with Gasteiger partial charge in [0.25, 0.3) is 11.8 Å². The fourth-order valence-electron chi connectivity index (χ4n) is 4.14. The van der Waals surface area contributed by atoms with Gasteiger partial charge in [0.2, 0.25) is 5.88 Å². The molecule has 0 atom stereocenters. The molecular formula is C30H24FN5O4. The summed E-state index contributed by atoms with van der Waals surface area (Å²) in [7, 11) is 0. The largest absolute Gasteiger partial charge is 0.490 e. The zero-order valence-electron chi connectivity index (χ0n) is 21.3. The van der Waals surface area contributed by atoms with Crippen LogP contribution in [0.25, 0.3) is 0 Å². The highest BCUT2D eigenvalue weighted by atomic mass is 19.1. The molecule has 1 aliphatic rings. The summed E-state index contributed by atoms with van der Waals surface area (Å²) in [5, 5.41) is 11.6. The fraction of sp³-hybridized carbons (Fsp3) is 0.167. The minimum atomic E-state index is -0.402. The number of nitriles is 1. The minimum absolute atomic E-state index is 0.0194. The fourth-order valence-corrected chi connectivity index (χ4v) is 4.14. The Morgan fingerprint density at radius 3 is 2.25 bits per heavy atom. The van der Waals surface area contributed by atoms with Crippen molar-refractivity contribution in [3.63, 3.8) is 0 Å². The van der Waals surface area contributed by atoms with Gasteiger partial charge in [-0.15, -0.1) is 0 Å². The average Bonchev–Trinajstić information content (AvgIpc) is 3.00. The Morgan fingerprint density at radius 2 is 1.62 bits per heavy atom. The van der Waals surface area contributed by atoms with Crippen molar-refractivity contribution in [2.24, 2.45) is 0 Å². The number of rotatable bonds is 7. The zero-order chi connectivity index (χ0) is 27.9. The summed E-state index contributed by atoms with van der Waals surface area (Å²) in [5.41, 5.74) is 1.57. The van der Waals surface area contributed by atoms with Crippen LogP contribution in [0, 0.1) is 17.1 Å². The molecule has 0 spiro atoms. The number of hydrogen-bond acceptors (Lipinski definition) is 7. The summed E-state index contributed by atoms with van der Waals surface area (Å²) >= 11 is 0. The number of pyridine rings is 2. The van der Waals surface area contributed by atoms with Gasteiger partial charge in [0.1, 0.15) is 29.1 Å². The van der Waals surface area contributed by atoms with E-state index in [0.717, 1.165) is 0 Å². The molecule has 1 aliphatic heterocycles. The van der Waals surface area contributed by atoms with Crippen molar-refractivity contribution in [1.82, 2.24) is 14.9 Å². The van der Waals surface area contributed by atoms with Crippen LogP contribution in [0.4, 0.5) is 10.1 Å². The SMILES string of the molecule is N#Cc1ccc(OC2CCN(C(=O)c3ccc(C(=O)Nc4ccc(Oc5ccc(F)cc5)nc4)cn3)CC2)cc1. The number of carbonyl (C=O) groups is 2. The molecule has 2 aromatic carbocycles. The highest BCUT2D eigenvalue weighted by molar-refractivity contribution is 6.04. The molecule has 0 aliphatic carbocycles. The summed E-state index contributed by atoms with van der Waals surface area (Å²) in [5.74, 6) is 0.457. The Hall–Kier alpha value is -5.30. The molecule has 9 nitrogen and oxygen atoms in total. The van der Waals surface area contributed by atoms with Gasteiger partial charge in [0, 0.05) is 38.2 Å². The zero-order valence-corrected chi connectivity index (χ0v) is 21.3. The van der Waals surface area contributed by atoms with Crippen molar-refractivity contribution in [3.8, 4) is 23.4 Å².